The molecule has 0 saturated carbocycles. The minimum Gasteiger partial charge on any atom is -0.478 e. The molecule has 0 aliphatic heterocycles. The number of ether oxygens (including phenoxy) is 1. The summed E-state index contributed by atoms with van der Waals surface area (Å²) in [7, 11) is 0. The molecule has 0 heterocycles. The van der Waals surface area contributed by atoms with Crippen LogP contribution in [0.4, 0.5) is 4.79 Å². The molecule has 0 bridgehead atoms. The van der Waals surface area contributed by atoms with Crippen molar-refractivity contribution in [3.63, 3.8) is 0 Å². The van der Waals surface area contributed by atoms with Crippen LogP contribution in [0, 0.1) is 0 Å². The van der Waals surface area contributed by atoms with Gasteiger partial charge in [-0.05, 0) is 40.3 Å². The Morgan fingerprint density at radius 2 is 1.56 bits per heavy atom. The summed E-state index contributed by atoms with van der Waals surface area (Å²) in [5.74, 6) is -1.37. The lowest BCUT2D eigenvalue weighted by Gasteiger charge is -2.20. The highest BCUT2D eigenvalue weighted by Gasteiger charge is 2.29. The predicted octanol–water partition coefficient (Wildman–Crippen LogP) is 4.36. The quantitative estimate of drug-likeness (QED) is 0.380. The molecule has 4 N–H and O–H groups in total. The zero-order chi connectivity index (χ0) is 24.2. The summed E-state index contributed by atoms with van der Waals surface area (Å²) >= 11 is 5.92. The molecule has 1 amide bonds. The van der Waals surface area contributed by atoms with Gasteiger partial charge in [0.1, 0.15) is 12.7 Å². The first-order chi connectivity index (χ1) is 16.4. The van der Waals surface area contributed by atoms with Crippen molar-refractivity contribution in [1.29, 1.82) is 0 Å². The molecular weight excluding hydrogens is 458 g/mol. The summed E-state index contributed by atoms with van der Waals surface area (Å²) in [6, 6.07) is 20.3. The normalized spacial score (nSPS) is 14.1. The lowest BCUT2D eigenvalue weighted by Crippen LogP contribution is -2.31. The third kappa shape index (κ3) is 4.77. The largest absolute Gasteiger partial charge is 0.478 e. The van der Waals surface area contributed by atoms with E-state index in [0.29, 0.717) is 0 Å². The van der Waals surface area contributed by atoms with Crippen LogP contribution in [0.1, 0.15) is 45.5 Å². The molecule has 8 heteroatoms. The van der Waals surface area contributed by atoms with Gasteiger partial charge < -0.3 is 25.4 Å². The second kappa shape index (κ2) is 10.3. The first kappa shape index (κ1) is 23.8. The number of aliphatic hydroxyl groups excluding tert-OH is 2. The van der Waals surface area contributed by atoms with Gasteiger partial charge in [0.05, 0.1) is 16.7 Å². The second-order valence-electron chi connectivity index (χ2n) is 8.06. The molecule has 0 aromatic heterocycles. The van der Waals surface area contributed by atoms with Crippen LogP contribution < -0.4 is 5.32 Å². The highest BCUT2D eigenvalue weighted by Crippen LogP contribution is 2.44. The number of halogens is 1. The number of carbonyl (C=O) groups is 2. The monoisotopic (exact) mass is 481 g/mol. The fourth-order valence-corrected chi connectivity index (χ4v) is 4.61. The second-order valence-corrected chi connectivity index (χ2v) is 8.47. The Hall–Kier alpha value is -3.39. The molecule has 0 fully saturated rings. The van der Waals surface area contributed by atoms with Crippen LogP contribution in [0.15, 0.2) is 66.7 Å². The highest BCUT2D eigenvalue weighted by molar-refractivity contribution is 6.33. The van der Waals surface area contributed by atoms with E-state index < -0.39 is 24.3 Å². The van der Waals surface area contributed by atoms with Crippen molar-refractivity contribution in [3.8, 4) is 11.1 Å². The standard InChI is InChI=1S/C26H24ClNO6/c27-21-11-5-10-19(23(21)25(31)32)24(30)22(29)12-13-28-26(33)34-14-20-17-8-3-1-6-15(17)16-7-2-4-9-18(16)20/h1-11,20,22,24,29-30H,12-14H2,(H,28,33)(H,31,32). The van der Waals surface area contributed by atoms with Crippen LogP contribution in [0.2, 0.25) is 5.02 Å². The topological polar surface area (TPSA) is 116 Å². The average Bonchev–Trinajstić information content (AvgIpc) is 3.15. The Labute approximate surface area is 201 Å². The van der Waals surface area contributed by atoms with Gasteiger partial charge >= 0.3 is 12.1 Å². The first-order valence-corrected chi connectivity index (χ1v) is 11.2. The molecule has 0 saturated heterocycles. The van der Waals surface area contributed by atoms with E-state index in [-0.39, 0.29) is 41.6 Å². The molecule has 2 unspecified atom stereocenters. The van der Waals surface area contributed by atoms with Crippen LogP contribution in [0.3, 0.4) is 0 Å². The van der Waals surface area contributed by atoms with Crippen LogP contribution >= 0.6 is 11.6 Å². The zero-order valence-electron chi connectivity index (χ0n) is 18.1. The minimum absolute atomic E-state index is 0.00800. The van der Waals surface area contributed by atoms with Crippen LogP contribution in [-0.2, 0) is 4.74 Å². The van der Waals surface area contributed by atoms with Gasteiger partial charge in [0.2, 0.25) is 0 Å². The number of hydrogen-bond acceptors (Lipinski definition) is 5. The number of carboxylic acids is 1. The third-order valence-electron chi connectivity index (χ3n) is 6.00. The van der Waals surface area contributed by atoms with Gasteiger partial charge in [0.25, 0.3) is 0 Å². The first-order valence-electron chi connectivity index (χ1n) is 10.8. The van der Waals surface area contributed by atoms with E-state index in [1.165, 1.54) is 18.2 Å². The maximum Gasteiger partial charge on any atom is 0.407 e. The van der Waals surface area contributed by atoms with Crippen molar-refractivity contribution >= 4 is 23.7 Å². The van der Waals surface area contributed by atoms with E-state index in [1.54, 1.807) is 0 Å². The number of rotatable bonds is 8. The van der Waals surface area contributed by atoms with Crippen molar-refractivity contribution in [3.05, 3.63) is 94.0 Å². The number of benzene rings is 3. The van der Waals surface area contributed by atoms with Crippen LogP contribution in [0.25, 0.3) is 11.1 Å². The molecule has 4 rings (SSSR count). The molecule has 176 valence electrons. The lowest BCUT2D eigenvalue weighted by molar-refractivity contribution is 0.0128. The molecule has 0 radical (unpaired) electrons. The van der Waals surface area contributed by atoms with Gasteiger partial charge in [0.15, 0.2) is 0 Å². The molecule has 1 aliphatic rings. The number of nitrogens with one attached hydrogen (secondary N) is 1. The number of hydrogen-bond donors (Lipinski definition) is 4. The number of fused-ring (bicyclic) bond motifs is 3. The van der Waals surface area contributed by atoms with Crippen molar-refractivity contribution in [1.82, 2.24) is 5.32 Å². The molecular formula is C26H24ClNO6. The average molecular weight is 482 g/mol. The SMILES string of the molecule is O=C(NCCC(O)C(O)c1cccc(Cl)c1C(=O)O)OCC1c2ccccc2-c2ccccc21. The molecule has 34 heavy (non-hydrogen) atoms. The van der Waals surface area contributed by atoms with E-state index in [0.717, 1.165) is 22.3 Å². The fraction of sp³-hybridized carbons (Fsp3) is 0.231. The van der Waals surface area contributed by atoms with E-state index >= 15 is 0 Å². The Balaban J connectivity index is 1.31. The van der Waals surface area contributed by atoms with Crippen LogP contribution in [-0.4, -0.2) is 46.6 Å². The predicted molar refractivity (Wildman–Crippen MR) is 127 cm³/mol. The zero-order valence-corrected chi connectivity index (χ0v) is 18.9. The van der Waals surface area contributed by atoms with Gasteiger partial charge in [-0.25, -0.2) is 9.59 Å². The Kier molecular flexibility index (Phi) is 7.17. The molecule has 0 spiro atoms. The molecule has 1 aliphatic carbocycles. The number of alkyl carbamates (subject to hydrolysis) is 1. The fourth-order valence-electron chi connectivity index (χ4n) is 4.35. The van der Waals surface area contributed by atoms with Gasteiger partial charge in [-0.1, -0.05) is 72.3 Å². The summed E-state index contributed by atoms with van der Waals surface area (Å²) in [5.41, 5.74) is 4.21. The van der Waals surface area contributed by atoms with Crippen molar-refractivity contribution < 1.29 is 29.6 Å². The minimum atomic E-state index is -1.48. The van der Waals surface area contributed by atoms with E-state index in [1.807, 2.05) is 36.4 Å². The van der Waals surface area contributed by atoms with Crippen molar-refractivity contribution in [2.24, 2.45) is 0 Å². The molecule has 3 aromatic rings. The van der Waals surface area contributed by atoms with E-state index in [9.17, 15) is 24.9 Å². The summed E-state index contributed by atoms with van der Waals surface area (Å²) in [6.45, 7) is 0.188. The van der Waals surface area contributed by atoms with Gasteiger partial charge in [-0.15, -0.1) is 0 Å². The highest BCUT2D eigenvalue weighted by atomic mass is 35.5. The number of aromatic carboxylic acids is 1. The Morgan fingerprint density at radius 1 is 0.941 bits per heavy atom. The Bertz CT molecular complexity index is 1170. The van der Waals surface area contributed by atoms with Gasteiger partial charge in [-0.2, -0.15) is 0 Å². The summed E-state index contributed by atoms with van der Waals surface area (Å²) < 4.78 is 5.44. The number of amides is 1. The maximum atomic E-state index is 12.3. The van der Waals surface area contributed by atoms with Crippen molar-refractivity contribution in [2.75, 3.05) is 13.2 Å². The van der Waals surface area contributed by atoms with E-state index in [2.05, 4.69) is 17.4 Å². The third-order valence-corrected chi connectivity index (χ3v) is 6.31. The number of carboxylic acid groups (broad SMARTS) is 1. The maximum absolute atomic E-state index is 12.3. The summed E-state index contributed by atoms with van der Waals surface area (Å²) in [5, 5.41) is 32.6. The smallest absolute Gasteiger partial charge is 0.407 e. The summed E-state index contributed by atoms with van der Waals surface area (Å²) in [4.78, 5) is 23.7. The van der Waals surface area contributed by atoms with Gasteiger partial charge in [0, 0.05) is 12.5 Å². The van der Waals surface area contributed by atoms with Crippen molar-refractivity contribution in [2.45, 2.75) is 24.5 Å². The Morgan fingerprint density at radius 3 is 2.18 bits per heavy atom. The lowest BCUT2D eigenvalue weighted by atomic mass is 9.97. The van der Waals surface area contributed by atoms with E-state index in [4.69, 9.17) is 16.3 Å². The number of aliphatic hydroxyl groups is 2. The molecule has 2 atom stereocenters. The van der Waals surface area contributed by atoms with Crippen LogP contribution in [0.5, 0.6) is 0 Å². The molecule has 7 nitrogen and oxygen atoms in total. The number of carbonyl (C=O) groups excluding carboxylic acids is 1. The summed E-state index contributed by atoms with van der Waals surface area (Å²) in [6.07, 6.45) is -3.45. The molecule has 3 aromatic carbocycles. The van der Waals surface area contributed by atoms with Gasteiger partial charge in [-0.3, -0.25) is 0 Å².